The smallest absolute Gasteiger partial charge is 0.317 e. The molecular formula is C19H35N3O5. The number of ether oxygens (including phenoxy) is 2. The van der Waals surface area contributed by atoms with Crippen LogP contribution in [0.1, 0.15) is 39.0 Å². The SMILES string of the molecule is CCOC(CCNC(=O)N1CCOC(CN(C)CC(=O)O)C1)C1CCCC1. The van der Waals surface area contributed by atoms with Gasteiger partial charge in [-0.1, -0.05) is 12.8 Å². The lowest BCUT2D eigenvalue weighted by Crippen LogP contribution is -2.52. The predicted molar refractivity (Wildman–Crippen MR) is 102 cm³/mol. The van der Waals surface area contributed by atoms with Gasteiger partial charge in [0.15, 0.2) is 0 Å². The van der Waals surface area contributed by atoms with Crippen molar-refractivity contribution in [1.82, 2.24) is 15.1 Å². The molecule has 0 aromatic rings. The topological polar surface area (TPSA) is 91.3 Å². The first-order chi connectivity index (χ1) is 13.0. The molecule has 27 heavy (non-hydrogen) atoms. The molecule has 2 atom stereocenters. The fourth-order valence-corrected chi connectivity index (χ4v) is 4.09. The Labute approximate surface area is 162 Å². The maximum absolute atomic E-state index is 12.5. The van der Waals surface area contributed by atoms with E-state index < -0.39 is 5.97 Å². The van der Waals surface area contributed by atoms with E-state index in [9.17, 15) is 9.59 Å². The van der Waals surface area contributed by atoms with Gasteiger partial charge in [0.2, 0.25) is 0 Å². The molecule has 8 heteroatoms. The van der Waals surface area contributed by atoms with Crippen molar-refractivity contribution >= 4 is 12.0 Å². The standard InChI is InChI=1S/C19H35N3O5/c1-3-26-17(15-6-4-5-7-15)8-9-20-19(25)22-10-11-27-16(13-22)12-21(2)14-18(23)24/h15-17H,3-14H2,1-2H3,(H,20,25)(H,23,24). The van der Waals surface area contributed by atoms with E-state index in [1.54, 1.807) is 16.8 Å². The van der Waals surface area contributed by atoms with Gasteiger partial charge in [-0.3, -0.25) is 9.69 Å². The molecule has 156 valence electrons. The monoisotopic (exact) mass is 385 g/mol. The Hall–Kier alpha value is -1.38. The van der Waals surface area contributed by atoms with Gasteiger partial charge in [0, 0.05) is 32.8 Å². The lowest BCUT2D eigenvalue weighted by atomic mass is 9.98. The predicted octanol–water partition coefficient (Wildman–Crippen LogP) is 1.40. The summed E-state index contributed by atoms with van der Waals surface area (Å²) in [5.41, 5.74) is 0. The first-order valence-electron chi connectivity index (χ1n) is 10.2. The summed E-state index contributed by atoms with van der Waals surface area (Å²) in [7, 11) is 1.74. The number of rotatable bonds is 10. The summed E-state index contributed by atoms with van der Waals surface area (Å²) < 4.78 is 11.6. The molecular weight excluding hydrogens is 350 g/mol. The summed E-state index contributed by atoms with van der Waals surface area (Å²) in [6, 6.07) is -0.0779. The van der Waals surface area contributed by atoms with Crippen LogP contribution in [0.25, 0.3) is 0 Å². The number of carbonyl (C=O) groups is 2. The minimum atomic E-state index is -0.867. The number of morpholine rings is 1. The van der Waals surface area contributed by atoms with Crippen LogP contribution in [0, 0.1) is 5.92 Å². The number of urea groups is 1. The van der Waals surface area contributed by atoms with Crippen molar-refractivity contribution in [1.29, 1.82) is 0 Å². The number of nitrogens with zero attached hydrogens (tertiary/aromatic N) is 2. The molecule has 8 nitrogen and oxygen atoms in total. The van der Waals surface area contributed by atoms with Crippen molar-refractivity contribution in [2.75, 3.05) is 53.0 Å². The van der Waals surface area contributed by atoms with Crippen molar-refractivity contribution in [2.24, 2.45) is 5.92 Å². The Morgan fingerprint density at radius 2 is 2.11 bits per heavy atom. The average molecular weight is 386 g/mol. The molecule has 0 radical (unpaired) electrons. The molecule has 0 bridgehead atoms. The molecule has 1 aliphatic carbocycles. The Morgan fingerprint density at radius 1 is 1.37 bits per heavy atom. The second-order valence-corrected chi connectivity index (χ2v) is 7.59. The number of hydrogen-bond acceptors (Lipinski definition) is 5. The summed E-state index contributed by atoms with van der Waals surface area (Å²) in [5, 5.41) is 11.9. The van der Waals surface area contributed by atoms with Gasteiger partial charge < -0.3 is 24.8 Å². The van der Waals surface area contributed by atoms with E-state index in [0.717, 1.165) is 6.42 Å². The van der Waals surface area contributed by atoms with Gasteiger partial charge in [0.25, 0.3) is 0 Å². The molecule has 0 spiro atoms. The van der Waals surface area contributed by atoms with Crippen LogP contribution in [0.5, 0.6) is 0 Å². The molecule has 2 unspecified atom stereocenters. The molecule has 2 N–H and O–H groups in total. The number of amides is 2. The molecule has 1 aliphatic heterocycles. The largest absolute Gasteiger partial charge is 0.480 e. The Morgan fingerprint density at radius 3 is 2.78 bits per heavy atom. The second kappa shape index (κ2) is 11.5. The van der Waals surface area contributed by atoms with Crippen molar-refractivity contribution in [2.45, 2.75) is 51.2 Å². The zero-order valence-corrected chi connectivity index (χ0v) is 16.7. The van der Waals surface area contributed by atoms with E-state index in [1.165, 1.54) is 25.7 Å². The molecule has 1 saturated carbocycles. The van der Waals surface area contributed by atoms with E-state index in [2.05, 4.69) is 5.32 Å². The van der Waals surface area contributed by atoms with E-state index in [0.29, 0.717) is 45.3 Å². The number of carboxylic acid groups (broad SMARTS) is 1. The fraction of sp³-hybridized carbons (Fsp3) is 0.895. The molecule has 0 aromatic heterocycles. The van der Waals surface area contributed by atoms with Crippen LogP contribution in [0.15, 0.2) is 0 Å². The number of carboxylic acids is 1. The Balaban J connectivity index is 1.71. The van der Waals surface area contributed by atoms with Crippen LogP contribution in [-0.4, -0.2) is 92.1 Å². The third kappa shape index (κ3) is 7.63. The highest BCUT2D eigenvalue weighted by atomic mass is 16.5. The molecule has 1 heterocycles. The molecule has 2 fully saturated rings. The Bertz CT molecular complexity index is 470. The minimum Gasteiger partial charge on any atom is -0.480 e. The summed E-state index contributed by atoms with van der Waals surface area (Å²) in [6.07, 6.45) is 5.95. The van der Waals surface area contributed by atoms with Gasteiger partial charge in [-0.25, -0.2) is 4.79 Å². The molecule has 2 rings (SSSR count). The van der Waals surface area contributed by atoms with Crippen molar-refractivity contribution in [3.63, 3.8) is 0 Å². The van der Waals surface area contributed by atoms with E-state index in [-0.39, 0.29) is 24.8 Å². The highest BCUT2D eigenvalue weighted by Crippen LogP contribution is 2.30. The molecule has 0 aromatic carbocycles. The summed E-state index contributed by atoms with van der Waals surface area (Å²) in [6.45, 7) is 5.31. The van der Waals surface area contributed by atoms with E-state index in [1.807, 2.05) is 6.92 Å². The van der Waals surface area contributed by atoms with Crippen LogP contribution in [0.3, 0.4) is 0 Å². The van der Waals surface area contributed by atoms with Gasteiger partial charge in [-0.15, -0.1) is 0 Å². The van der Waals surface area contributed by atoms with Gasteiger partial charge in [-0.05, 0) is 39.2 Å². The third-order valence-corrected chi connectivity index (χ3v) is 5.36. The summed E-state index contributed by atoms with van der Waals surface area (Å²) >= 11 is 0. The van der Waals surface area contributed by atoms with Crippen LogP contribution >= 0.6 is 0 Å². The Kier molecular flexibility index (Phi) is 9.30. The molecule has 1 saturated heterocycles. The van der Waals surface area contributed by atoms with Gasteiger partial charge in [0.05, 0.1) is 25.4 Å². The lowest BCUT2D eigenvalue weighted by Gasteiger charge is -2.34. The lowest BCUT2D eigenvalue weighted by molar-refractivity contribution is -0.138. The minimum absolute atomic E-state index is 0.0357. The number of likely N-dealkylation sites (N-methyl/N-ethyl adjacent to an activating group) is 1. The van der Waals surface area contributed by atoms with Crippen molar-refractivity contribution < 1.29 is 24.2 Å². The zero-order valence-electron chi connectivity index (χ0n) is 16.7. The molecule has 2 aliphatic rings. The number of carbonyl (C=O) groups excluding carboxylic acids is 1. The van der Waals surface area contributed by atoms with Gasteiger partial charge in [0.1, 0.15) is 0 Å². The summed E-state index contributed by atoms with van der Waals surface area (Å²) in [4.78, 5) is 26.7. The van der Waals surface area contributed by atoms with Gasteiger partial charge >= 0.3 is 12.0 Å². The van der Waals surface area contributed by atoms with E-state index in [4.69, 9.17) is 14.6 Å². The van der Waals surface area contributed by atoms with Crippen LogP contribution < -0.4 is 5.32 Å². The van der Waals surface area contributed by atoms with Crippen molar-refractivity contribution in [3.05, 3.63) is 0 Å². The first kappa shape index (κ1) is 21.9. The first-order valence-corrected chi connectivity index (χ1v) is 10.2. The zero-order chi connectivity index (χ0) is 19.6. The maximum Gasteiger partial charge on any atom is 0.317 e. The normalized spacial score (nSPS) is 22.2. The van der Waals surface area contributed by atoms with Crippen LogP contribution in [0.4, 0.5) is 4.79 Å². The quantitative estimate of drug-likeness (QED) is 0.591. The van der Waals surface area contributed by atoms with Gasteiger partial charge in [-0.2, -0.15) is 0 Å². The summed E-state index contributed by atoms with van der Waals surface area (Å²) in [5.74, 6) is -0.242. The van der Waals surface area contributed by atoms with Crippen LogP contribution in [-0.2, 0) is 14.3 Å². The van der Waals surface area contributed by atoms with Crippen LogP contribution in [0.2, 0.25) is 0 Å². The fourth-order valence-electron chi connectivity index (χ4n) is 4.09. The van der Waals surface area contributed by atoms with Crippen molar-refractivity contribution in [3.8, 4) is 0 Å². The van der Waals surface area contributed by atoms with E-state index >= 15 is 0 Å². The third-order valence-electron chi connectivity index (χ3n) is 5.36. The maximum atomic E-state index is 12.5. The highest BCUT2D eigenvalue weighted by molar-refractivity contribution is 5.74. The number of nitrogens with one attached hydrogen (secondary N) is 1. The molecule has 2 amide bonds. The second-order valence-electron chi connectivity index (χ2n) is 7.59. The number of hydrogen-bond donors (Lipinski definition) is 2. The highest BCUT2D eigenvalue weighted by Gasteiger charge is 2.27. The average Bonchev–Trinajstić information content (AvgIpc) is 3.14. The number of aliphatic carboxylic acids is 1.